The van der Waals surface area contributed by atoms with E-state index < -0.39 is 10.0 Å². The minimum Gasteiger partial charge on any atom is -0.384 e. The predicted molar refractivity (Wildman–Crippen MR) is 85.5 cm³/mol. The molecule has 7 heteroatoms. The van der Waals surface area contributed by atoms with Crippen LogP contribution in [-0.2, 0) is 21.2 Å². The third kappa shape index (κ3) is 5.56. The lowest BCUT2D eigenvalue weighted by Crippen LogP contribution is -2.42. The van der Waals surface area contributed by atoms with Gasteiger partial charge in [-0.25, -0.2) is 13.1 Å². The van der Waals surface area contributed by atoms with Crippen LogP contribution in [0.1, 0.15) is 18.4 Å². The standard InChI is InChI=1S/C14H22N2O3S.ClH/c1-19-11-8-12-2-4-14(5-3-12)20(17,18)16-13-6-9-15-10-7-13;/h2-5,13,15-16H,6-11H2,1H3;1H. The lowest BCUT2D eigenvalue weighted by molar-refractivity contribution is 0.202. The van der Waals surface area contributed by atoms with E-state index in [4.69, 9.17) is 4.74 Å². The third-order valence-electron chi connectivity index (χ3n) is 3.49. The maximum Gasteiger partial charge on any atom is 0.240 e. The van der Waals surface area contributed by atoms with Gasteiger partial charge in [0.15, 0.2) is 0 Å². The van der Waals surface area contributed by atoms with E-state index in [1.54, 1.807) is 19.2 Å². The Hall–Kier alpha value is -0.660. The number of ether oxygens (including phenoxy) is 1. The van der Waals surface area contributed by atoms with Crippen LogP contribution in [0.15, 0.2) is 29.2 Å². The quantitative estimate of drug-likeness (QED) is 0.823. The molecule has 0 aromatic heterocycles. The van der Waals surface area contributed by atoms with E-state index in [2.05, 4.69) is 10.0 Å². The number of nitrogens with one attached hydrogen (secondary N) is 2. The molecule has 1 aromatic rings. The van der Waals surface area contributed by atoms with Crippen LogP contribution in [-0.4, -0.2) is 41.3 Å². The lowest BCUT2D eigenvalue weighted by atomic mass is 10.1. The molecule has 0 aliphatic carbocycles. The van der Waals surface area contributed by atoms with E-state index >= 15 is 0 Å². The van der Waals surface area contributed by atoms with E-state index in [1.165, 1.54) is 0 Å². The van der Waals surface area contributed by atoms with Gasteiger partial charge in [0.05, 0.1) is 11.5 Å². The van der Waals surface area contributed by atoms with Gasteiger partial charge in [-0.15, -0.1) is 12.4 Å². The van der Waals surface area contributed by atoms with E-state index in [9.17, 15) is 8.42 Å². The molecule has 0 bridgehead atoms. The maximum atomic E-state index is 12.3. The first kappa shape index (κ1) is 18.4. The van der Waals surface area contributed by atoms with Crippen molar-refractivity contribution in [2.45, 2.75) is 30.2 Å². The zero-order valence-corrected chi connectivity index (χ0v) is 13.8. The summed E-state index contributed by atoms with van der Waals surface area (Å²) < 4.78 is 32.3. The molecular formula is C14H23ClN2O3S. The van der Waals surface area contributed by atoms with Crippen molar-refractivity contribution in [2.75, 3.05) is 26.8 Å². The SMILES string of the molecule is COCCc1ccc(S(=O)(=O)NC2CCNCC2)cc1.Cl. The van der Waals surface area contributed by atoms with Gasteiger partial charge in [-0.1, -0.05) is 12.1 Å². The molecule has 0 saturated carbocycles. The number of halogens is 1. The number of hydrogen-bond acceptors (Lipinski definition) is 4. The van der Waals surface area contributed by atoms with Crippen molar-refractivity contribution < 1.29 is 13.2 Å². The number of benzene rings is 1. The highest BCUT2D eigenvalue weighted by molar-refractivity contribution is 7.89. The van der Waals surface area contributed by atoms with Crippen molar-refractivity contribution in [3.05, 3.63) is 29.8 Å². The smallest absolute Gasteiger partial charge is 0.240 e. The summed E-state index contributed by atoms with van der Waals surface area (Å²) in [4.78, 5) is 0.331. The first-order valence-electron chi connectivity index (χ1n) is 6.93. The summed E-state index contributed by atoms with van der Waals surface area (Å²) in [7, 11) is -1.75. The van der Waals surface area contributed by atoms with Gasteiger partial charge in [-0.2, -0.15) is 0 Å². The highest BCUT2D eigenvalue weighted by Gasteiger charge is 2.21. The van der Waals surface area contributed by atoms with Crippen LogP contribution in [0.4, 0.5) is 0 Å². The average molecular weight is 335 g/mol. The Labute approximate surface area is 132 Å². The monoisotopic (exact) mass is 334 g/mol. The molecule has 1 saturated heterocycles. The van der Waals surface area contributed by atoms with Gasteiger partial charge >= 0.3 is 0 Å². The summed E-state index contributed by atoms with van der Waals surface area (Å²) in [5.74, 6) is 0. The van der Waals surface area contributed by atoms with Crippen molar-refractivity contribution in [3.63, 3.8) is 0 Å². The second kappa shape index (κ2) is 8.70. The Morgan fingerprint density at radius 2 is 1.86 bits per heavy atom. The summed E-state index contributed by atoms with van der Waals surface area (Å²) in [6, 6.07) is 7.05. The molecule has 2 rings (SSSR count). The van der Waals surface area contributed by atoms with Gasteiger partial charge in [-0.3, -0.25) is 0 Å². The minimum absolute atomic E-state index is 0. The normalized spacial score (nSPS) is 16.4. The van der Waals surface area contributed by atoms with E-state index in [1.807, 2.05) is 12.1 Å². The van der Waals surface area contributed by atoms with Gasteiger partial charge in [0, 0.05) is 13.2 Å². The number of rotatable bonds is 6. The molecule has 1 heterocycles. The highest BCUT2D eigenvalue weighted by atomic mass is 35.5. The van der Waals surface area contributed by atoms with Crippen LogP contribution < -0.4 is 10.0 Å². The van der Waals surface area contributed by atoms with Crippen molar-refractivity contribution in [2.24, 2.45) is 0 Å². The van der Waals surface area contributed by atoms with Crippen molar-refractivity contribution in [1.29, 1.82) is 0 Å². The Kier molecular flexibility index (Phi) is 7.62. The molecule has 0 amide bonds. The number of methoxy groups -OCH3 is 1. The van der Waals surface area contributed by atoms with Crippen LogP contribution in [0, 0.1) is 0 Å². The molecular weight excluding hydrogens is 312 g/mol. The first-order chi connectivity index (χ1) is 9.62. The summed E-state index contributed by atoms with van der Waals surface area (Å²) in [5, 5.41) is 3.22. The molecule has 0 spiro atoms. The molecule has 120 valence electrons. The Balaban J connectivity index is 0.00000220. The van der Waals surface area contributed by atoms with E-state index in [0.29, 0.717) is 11.5 Å². The number of sulfonamides is 1. The average Bonchev–Trinajstić information content (AvgIpc) is 2.46. The number of piperidine rings is 1. The fourth-order valence-corrected chi connectivity index (χ4v) is 3.59. The van der Waals surface area contributed by atoms with Gasteiger partial charge in [0.1, 0.15) is 0 Å². The summed E-state index contributed by atoms with van der Waals surface area (Å²) in [5.41, 5.74) is 1.08. The molecule has 1 fully saturated rings. The summed E-state index contributed by atoms with van der Waals surface area (Å²) in [6.45, 7) is 2.37. The van der Waals surface area contributed by atoms with Crippen LogP contribution in [0.2, 0.25) is 0 Å². The molecule has 0 radical (unpaired) electrons. The molecule has 0 atom stereocenters. The second-order valence-corrected chi connectivity index (χ2v) is 6.75. The fraction of sp³-hybridized carbons (Fsp3) is 0.571. The Morgan fingerprint density at radius 1 is 1.24 bits per heavy atom. The lowest BCUT2D eigenvalue weighted by Gasteiger charge is -2.23. The van der Waals surface area contributed by atoms with E-state index in [-0.39, 0.29) is 18.4 Å². The molecule has 1 aliphatic heterocycles. The van der Waals surface area contributed by atoms with Crippen LogP contribution in [0.25, 0.3) is 0 Å². The van der Waals surface area contributed by atoms with Gasteiger partial charge in [0.25, 0.3) is 0 Å². The molecule has 21 heavy (non-hydrogen) atoms. The van der Waals surface area contributed by atoms with Crippen LogP contribution >= 0.6 is 12.4 Å². The maximum absolute atomic E-state index is 12.3. The van der Waals surface area contributed by atoms with Gasteiger partial charge in [0.2, 0.25) is 10.0 Å². The fourth-order valence-electron chi connectivity index (χ4n) is 2.28. The minimum atomic E-state index is -3.41. The molecule has 5 nitrogen and oxygen atoms in total. The largest absolute Gasteiger partial charge is 0.384 e. The van der Waals surface area contributed by atoms with Crippen molar-refractivity contribution in [3.8, 4) is 0 Å². The Morgan fingerprint density at radius 3 is 2.43 bits per heavy atom. The zero-order valence-electron chi connectivity index (χ0n) is 12.2. The third-order valence-corrected chi connectivity index (χ3v) is 5.03. The van der Waals surface area contributed by atoms with Crippen LogP contribution in [0.5, 0.6) is 0 Å². The summed E-state index contributed by atoms with van der Waals surface area (Å²) in [6.07, 6.45) is 2.47. The molecule has 0 unspecified atom stereocenters. The molecule has 2 N–H and O–H groups in total. The summed E-state index contributed by atoms with van der Waals surface area (Å²) >= 11 is 0. The Bertz CT molecular complexity index is 514. The van der Waals surface area contributed by atoms with Crippen molar-refractivity contribution in [1.82, 2.24) is 10.0 Å². The van der Waals surface area contributed by atoms with Gasteiger partial charge in [-0.05, 0) is 50.0 Å². The number of hydrogen-bond donors (Lipinski definition) is 2. The highest BCUT2D eigenvalue weighted by Crippen LogP contribution is 2.13. The van der Waals surface area contributed by atoms with Crippen LogP contribution in [0.3, 0.4) is 0 Å². The zero-order chi connectivity index (χ0) is 14.4. The molecule has 1 aromatic carbocycles. The van der Waals surface area contributed by atoms with Gasteiger partial charge < -0.3 is 10.1 Å². The predicted octanol–water partition coefficient (Wildman–Crippen LogP) is 1.33. The molecule has 1 aliphatic rings. The van der Waals surface area contributed by atoms with E-state index in [0.717, 1.165) is 37.9 Å². The first-order valence-corrected chi connectivity index (χ1v) is 8.41. The topological polar surface area (TPSA) is 67.4 Å². The van der Waals surface area contributed by atoms with Crippen molar-refractivity contribution >= 4 is 22.4 Å². The second-order valence-electron chi connectivity index (χ2n) is 5.03.